The van der Waals surface area contributed by atoms with Crippen molar-refractivity contribution in [3.8, 4) is 5.75 Å². The number of anilines is 2. The number of ether oxygens (including phenoxy) is 1. The molecule has 0 bridgehead atoms. The zero-order chi connectivity index (χ0) is 27.8. The quantitative estimate of drug-likeness (QED) is 0.390. The second-order valence-electron chi connectivity index (χ2n) is 9.62. The molecule has 3 N–H and O–H groups in total. The molecule has 0 spiro atoms. The molecule has 3 aromatic rings. The number of piperidine rings is 1. The highest BCUT2D eigenvalue weighted by Gasteiger charge is 2.32. The summed E-state index contributed by atoms with van der Waals surface area (Å²) in [7, 11) is 1.58. The third kappa shape index (κ3) is 7.56. The molecule has 3 aromatic carbocycles. The monoisotopic (exact) mass is 532 g/mol. The lowest BCUT2D eigenvalue weighted by Gasteiger charge is -2.34. The minimum absolute atomic E-state index is 0.0870. The van der Waals surface area contributed by atoms with Gasteiger partial charge in [0, 0.05) is 36.8 Å². The number of carbonyl (C=O) groups excluding carboxylic acids is 3. The van der Waals surface area contributed by atoms with Crippen LogP contribution in [0.25, 0.3) is 0 Å². The van der Waals surface area contributed by atoms with Gasteiger partial charge in [-0.05, 0) is 67.3 Å². The molecule has 204 valence electrons. The molecule has 1 heterocycles. The summed E-state index contributed by atoms with van der Waals surface area (Å²) >= 11 is 0. The number of aryl methyl sites for hydroxylation is 1. The predicted octanol–water partition coefficient (Wildman–Crippen LogP) is 4.75. The van der Waals surface area contributed by atoms with Gasteiger partial charge in [0.15, 0.2) is 0 Å². The largest absolute Gasteiger partial charge is 0.497 e. The first-order valence-electron chi connectivity index (χ1n) is 12.9. The summed E-state index contributed by atoms with van der Waals surface area (Å²) in [6.07, 6.45) is 1.33. The van der Waals surface area contributed by atoms with Gasteiger partial charge in [-0.3, -0.25) is 9.59 Å². The number of urea groups is 1. The lowest BCUT2D eigenvalue weighted by atomic mass is 9.94. The molecule has 1 fully saturated rings. The van der Waals surface area contributed by atoms with Crippen molar-refractivity contribution in [3.05, 3.63) is 89.7 Å². The first-order valence-corrected chi connectivity index (χ1v) is 12.9. The highest BCUT2D eigenvalue weighted by atomic mass is 19.1. The fourth-order valence-corrected chi connectivity index (χ4v) is 4.60. The van der Waals surface area contributed by atoms with Gasteiger partial charge in [-0.15, -0.1) is 0 Å². The number of halogens is 1. The molecule has 1 aliphatic rings. The van der Waals surface area contributed by atoms with Gasteiger partial charge in [0.25, 0.3) is 0 Å². The molecule has 1 saturated heterocycles. The summed E-state index contributed by atoms with van der Waals surface area (Å²) in [6.45, 7) is 2.56. The van der Waals surface area contributed by atoms with E-state index in [2.05, 4.69) is 16.0 Å². The van der Waals surface area contributed by atoms with Crippen LogP contribution >= 0.6 is 0 Å². The van der Waals surface area contributed by atoms with Crippen LogP contribution in [0.3, 0.4) is 0 Å². The molecule has 0 saturated carbocycles. The van der Waals surface area contributed by atoms with E-state index in [0.717, 1.165) is 5.56 Å². The Kier molecular flexibility index (Phi) is 9.14. The fraction of sp³-hybridized carbons (Fsp3) is 0.300. The number of nitrogens with zero attached hydrogens (tertiary/aromatic N) is 1. The van der Waals surface area contributed by atoms with Gasteiger partial charge in [0.05, 0.1) is 7.11 Å². The Morgan fingerprint density at radius 2 is 1.67 bits per heavy atom. The summed E-state index contributed by atoms with van der Waals surface area (Å²) in [5, 5.41) is 8.37. The normalized spacial score (nSPS) is 14.3. The molecule has 0 unspecified atom stereocenters. The minimum atomic E-state index is -0.828. The van der Waals surface area contributed by atoms with E-state index in [-0.39, 0.29) is 17.7 Å². The van der Waals surface area contributed by atoms with E-state index < -0.39 is 17.9 Å². The van der Waals surface area contributed by atoms with E-state index in [9.17, 15) is 18.8 Å². The van der Waals surface area contributed by atoms with E-state index in [4.69, 9.17) is 4.74 Å². The Morgan fingerprint density at radius 1 is 0.974 bits per heavy atom. The molecule has 0 radical (unpaired) electrons. The van der Waals surface area contributed by atoms with Crippen LogP contribution in [0.4, 0.5) is 20.6 Å². The Morgan fingerprint density at radius 3 is 2.33 bits per heavy atom. The van der Waals surface area contributed by atoms with Crippen molar-refractivity contribution in [2.24, 2.45) is 5.92 Å². The number of hydrogen-bond acceptors (Lipinski definition) is 4. The number of methoxy groups -OCH3 is 1. The van der Waals surface area contributed by atoms with Gasteiger partial charge < -0.3 is 25.6 Å². The molecule has 39 heavy (non-hydrogen) atoms. The van der Waals surface area contributed by atoms with Crippen molar-refractivity contribution in [3.63, 3.8) is 0 Å². The highest BCUT2D eigenvalue weighted by molar-refractivity contribution is 5.95. The van der Waals surface area contributed by atoms with Crippen molar-refractivity contribution in [1.82, 2.24) is 10.2 Å². The molecule has 9 heteroatoms. The van der Waals surface area contributed by atoms with Crippen LogP contribution in [0.15, 0.2) is 72.8 Å². The number of amides is 4. The van der Waals surface area contributed by atoms with Crippen LogP contribution in [-0.4, -0.2) is 49.0 Å². The third-order valence-corrected chi connectivity index (χ3v) is 6.87. The second-order valence-corrected chi connectivity index (χ2v) is 9.62. The number of rotatable bonds is 8. The topological polar surface area (TPSA) is 99.8 Å². The van der Waals surface area contributed by atoms with Crippen LogP contribution < -0.4 is 20.7 Å². The molecule has 1 atom stereocenters. The van der Waals surface area contributed by atoms with E-state index in [1.807, 2.05) is 30.3 Å². The van der Waals surface area contributed by atoms with Gasteiger partial charge in [0.1, 0.15) is 17.6 Å². The number of hydrogen-bond donors (Lipinski definition) is 3. The maximum atomic E-state index is 13.7. The zero-order valence-corrected chi connectivity index (χ0v) is 22.1. The van der Waals surface area contributed by atoms with Crippen molar-refractivity contribution >= 4 is 29.2 Å². The SMILES string of the molecule is COc1ccc(NC(=O)C2CCN(C(=O)[C@@H](Cc3ccccc3)NC(=O)Nc3cc(F)ccc3C)CC2)cc1. The van der Waals surface area contributed by atoms with Crippen LogP contribution in [0.2, 0.25) is 0 Å². The molecule has 4 rings (SSSR count). The van der Waals surface area contributed by atoms with Crippen molar-refractivity contribution < 1.29 is 23.5 Å². The third-order valence-electron chi connectivity index (χ3n) is 6.87. The van der Waals surface area contributed by atoms with Gasteiger partial charge in [-0.2, -0.15) is 0 Å². The van der Waals surface area contributed by atoms with E-state index in [1.165, 1.54) is 12.1 Å². The number of nitrogens with one attached hydrogen (secondary N) is 3. The van der Waals surface area contributed by atoms with Crippen LogP contribution in [0.5, 0.6) is 5.75 Å². The van der Waals surface area contributed by atoms with Crippen LogP contribution in [0, 0.1) is 18.7 Å². The van der Waals surface area contributed by atoms with Crippen LogP contribution in [-0.2, 0) is 16.0 Å². The van der Waals surface area contributed by atoms with Gasteiger partial charge in [-0.25, -0.2) is 9.18 Å². The number of likely N-dealkylation sites (tertiary alicyclic amines) is 1. The summed E-state index contributed by atoms with van der Waals surface area (Å²) < 4.78 is 18.8. The standard InChI is InChI=1S/C30H33FN4O4/c1-20-8-9-23(31)19-26(20)33-30(38)34-27(18-21-6-4-3-5-7-21)29(37)35-16-14-22(15-17-35)28(36)32-24-10-12-25(39-2)13-11-24/h3-13,19,22,27H,14-18H2,1-2H3,(H,32,36)(H2,33,34,38)/t27-/m1/s1. The summed E-state index contributed by atoms with van der Waals surface area (Å²) in [6, 6.07) is 19.3. The van der Waals surface area contributed by atoms with E-state index >= 15 is 0 Å². The molecule has 0 aliphatic carbocycles. The molecule has 4 amide bonds. The van der Waals surface area contributed by atoms with Crippen LogP contribution in [0.1, 0.15) is 24.0 Å². The minimum Gasteiger partial charge on any atom is -0.497 e. The lowest BCUT2D eigenvalue weighted by Crippen LogP contribution is -2.53. The predicted molar refractivity (Wildman–Crippen MR) is 148 cm³/mol. The Hall–Kier alpha value is -4.40. The number of benzene rings is 3. The van der Waals surface area contributed by atoms with Crippen molar-refractivity contribution in [2.45, 2.75) is 32.2 Å². The van der Waals surface area contributed by atoms with Crippen molar-refractivity contribution in [2.75, 3.05) is 30.8 Å². The molecular weight excluding hydrogens is 499 g/mol. The first kappa shape index (κ1) is 27.6. The lowest BCUT2D eigenvalue weighted by molar-refractivity contribution is -0.136. The van der Waals surface area contributed by atoms with E-state index in [0.29, 0.717) is 55.0 Å². The zero-order valence-electron chi connectivity index (χ0n) is 22.1. The Bertz CT molecular complexity index is 1290. The Balaban J connectivity index is 1.38. The maximum Gasteiger partial charge on any atom is 0.319 e. The smallest absolute Gasteiger partial charge is 0.319 e. The maximum absolute atomic E-state index is 13.7. The molecule has 0 aromatic heterocycles. The fourth-order valence-electron chi connectivity index (χ4n) is 4.60. The molecule has 8 nitrogen and oxygen atoms in total. The summed E-state index contributed by atoms with van der Waals surface area (Å²) in [5.74, 6) is -0.295. The highest BCUT2D eigenvalue weighted by Crippen LogP contribution is 2.22. The molecular formula is C30H33FN4O4. The average molecular weight is 533 g/mol. The summed E-state index contributed by atoms with van der Waals surface area (Å²) in [5.41, 5.74) is 2.62. The average Bonchev–Trinajstić information content (AvgIpc) is 2.95. The van der Waals surface area contributed by atoms with Gasteiger partial charge >= 0.3 is 6.03 Å². The van der Waals surface area contributed by atoms with Crippen molar-refractivity contribution in [1.29, 1.82) is 0 Å². The number of carbonyl (C=O) groups is 3. The molecule has 1 aliphatic heterocycles. The van der Waals surface area contributed by atoms with Gasteiger partial charge in [-0.1, -0.05) is 36.4 Å². The summed E-state index contributed by atoms with van der Waals surface area (Å²) in [4.78, 5) is 40.9. The Labute approximate surface area is 227 Å². The second kappa shape index (κ2) is 12.9. The van der Waals surface area contributed by atoms with Gasteiger partial charge in [0.2, 0.25) is 11.8 Å². The first-order chi connectivity index (χ1) is 18.8. The van der Waals surface area contributed by atoms with E-state index in [1.54, 1.807) is 49.3 Å².